The van der Waals surface area contributed by atoms with E-state index >= 15 is 0 Å². The van der Waals surface area contributed by atoms with Crippen molar-refractivity contribution >= 4 is 17.8 Å². The number of carboxylic acid groups (broad SMARTS) is 1. The molecule has 1 amide bonds. The molecule has 0 saturated heterocycles. The molecule has 0 fully saturated rings. The molecule has 0 aliphatic carbocycles. The molecule has 0 spiro atoms. The van der Waals surface area contributed by atoms with Crippen LogP contribution in [0.2, 0.25) is 0 Å². The molecule has 0 aromatic heterocycles. The molecular formula is C31H51N2NaO4. The fraction of sp³-hybridized carbons (Fsp3) is 0.710. The van der Waals surface area contributed by atoms with Crippen molar-refractivity contribution in [3.8, 4) is 0 Å². The van der Waals surface area contributed by atoms with Gasteiger partial charge in [-0.25, -0.2) is 0 Å². The zero-order valence-corrected chi connectivity index (χ0v) is 26.2. The monoisotopic (exact) mass is 538 g/mol. The minimum atomic E-state index is -0.780. The molecule has 7 heteroatoms. The van der Waals surface area contributed by atoms with Gasteiger partial charge in [0.2, 0.25) is 5.91 Å². The number of carbonyl (C=O) groups excluding carboxylic acids is 1. The van der Waals surface area contributed by atoms with E-state index in [0.29, 0.717) is 13.0 Å². The second kappa shape index (κ2) is 25.9. The molecule has 210 valence electrons. The summed E-state index contributed by atoms with van der Waals surface area (Å²) in [6.07, 6.45) is 19.6. The van der Waals surface area contributed by atoms with Crippen molar-refractivity contribution in [3.63, 3.8) is 0 Å². The van der Waals surface area contributed by atoms with Crippen LogP contribution in [0.3, 0.4) is 0 Å². The smallest absolute Gasteiger partial charge is 0.862 e. The van der Waals surface area contributed by atoms with Gasteiger partial charge in [0.15, 0.2) is 6.04 Å². The van der Waals surface area contributed by atoms with Gasteiger partial charge < -0.3 is 15.5 Å². The topological polar surface area (TPSA) is 102 Å². The van der Waals surface area contributed by atoms with Gasteiger partial charge in [0.05, 0.1) is 0 Å². The van der Waals surface area contributed by atoms with E-state index in [1.807, 2.05) is 30.3 Å². The van der Waals surface area contributed by atoms with Crippen LogP contribution in [0.15, 0.2) is 35.3 Å². The molecule has 1 aromatic carbocycles. The van der Waals surface area contributed by atoms with Crippen molar-refractivity contribution in [2.24, 2.45) is 4.99 Å². The Morgan fingerprint density at radius 2 is 1.24 bits per heavy atom. The van der Waals surface area contributed by atoms with E-state index < -0.39 is 12.0 Å². The Bertz CT molecular complexity index is 743. The van der Waals surface area contributed by atoms with Crippen molar-refractivity contribution in [3.05, 3.63) is 35.9 Å². The van der Waals surface area contributed by atoms with E-state index in [4.69, 9.17) is 5.11 Å². The quantitative estimate of drug-likeness (QED) is 0.0895. The third-order valence-electron chi connectivity index (χ3n) is 6.75. The van der Waals surface area contributed by atoms with E-state index in [2.05, 4.69) is 17.2 Å². The summed E-state index contributed by atoms with van der Waals surface area (Å²) in [4.78, 5) is 27.7. The second-order valence-electron chi connectivity index (χ2n) is 10.2. The van der Waals surface area contributed by atoms with Gasteiger partial charge in [-0.3, -0.25) is 14.6 Å². The first-order chi connectivity index (χ1) is 18.0. The minimum absolute atomic E-state index is 0. The molecule has 0 heterocycles. The number of amides is 1. The summed E-state index contributed by atoms with van der Waals surface area (Å²) < 4.78 is 0. The number of rotatable bonds is 24. The van der Waals surface area contributed by atoms with E-state index in [1.54, 1.807) is 0 Å². The summed E-state index contributed by atoms with van der Waals surface area (Å²) in [7, 11) is 0. The molecule has 6 nitrogen and oxygen atoms in total. The summed E-state index contributed by atoms with van der Waals surface area (Å²) >= 11 is 0. The molecule has 0 aliphatic rings. The summed E-state index contributed by atoms with van der Waals surface area (Å²) in [5.41, 5.74) is 0.753. The maximum absolute atomic E-state index is 12.9. The Balaban J connectivity index is 0.0000137. The average Bonchev–Trinajstić information content (AvgIpc) is 2.89. The SMILES string of the molecule is CCCCCCCCCCCC([O-])=N[C@H](C(=O)NCCCCCCCCCCC(=O)O)c1ccccc1.[Na+]. The Hall–Kier alpha value is -1.37. The van der Waals surface area contributed by atoms with Crippen LogP contribution in [0.1, 0.15) is 141 Å². The normalized spacial score (nSPS) is 12.1. The molecule has 0 radical (unpaired) electrons. The zero-order chi connectivity index (χ0) is 27.0. The molecule has 1 rings (SSSR count). The summed E-state index contributed by atoms with van der Waals surface area (Å²) in [6.45, 7) is 2.82. The second-order valence-corrected chi connectivity index (χ2v) is 10.2. The molecular weight excluding hydrogens is 487 g/mol. The number of aliphatic carboxylic acids is 1. The predicted octanol–water partition coefficient (Wildman–Crippen LogP) is 4.12. The Morgan fingerprint density at radius 3 is 1.76 bits per heavy atom. The van der Waals surface area contributed by atoms with Crippen molar-refractivity contribution < 1.29 is 49.4 Å². The van der Waals surface area contributed by atoms with Gasteiger partial charge in [0.25, 0.3) is 0 Å². The summed E-state index contributed by atoms with van der Waals surface area (Å²) in [5, 5.41) is 24.2. The number of aliphatic imine (C=N–C) groups is 1. The Labute approximate surface area is 253 Å². The van der Waals surface area contributed by atoms with Crippen molar-refractivity contribution in [1.82, 2.24) is 5.32 Å². The van der Waals surface area contributed by atoms with E-state index in [9.17, 15) is 14.7 Å². The third kappa shape index (κ3) is 20.6. The van der Waals surface area contributed by atoms with Crippen LogP contribution in [-0.2, 0) is 9.59 Å². The average molecular weight is 539 g/mol. The minimum Gasteiger partial charge on any atom is -0.862 e. The summed E-state index contributed by atoms with van der Waals surface area (Å²) in [5.74, 6) is -1.10. The molecule has 0 aliphatic heterocycles. The first kappa shape index (κ1) is 36.6. The molecule has 0 bridgehead atoms. The first-order valence-electron chi connectivity index (χ1n) is 14.8. The number of nitrogens with zero attached hydrogens (tertiary/aromatic N) is 1. The van der Waals surface area contributed by atoms with E-state index in [-0.39, 0.29) is 47.8 Å². The number of benzene rings is 1. The van der Waals surface area contributed by atoms with Gasteiger partial charge >= 0.3 is 35.5 Å². The third-order valence-corrected chi connectivity index (χ3v) is 6.75. The van der Waals surface area contributed by atoms with E-state index in [1.165, 1.54) is 38.5 Å². The largest absolute Gasteiger partial charge is 1.00 e. The fourth-order valence-corrected chi connectivity index (χ4v) is 4.49. The van der Waals surface area contributed by atoms with Crippen LogP contribution >= 0.6 is 0 Å². The van der Waals surface area contributed by atoms with Gasteiger partial charge in [-0.1, -0.05) is 127 Å². The number of nitrogens with one attached hydrogen (secondary N) is 1. The maximum Gasteiger partial charge on any atom is 1.00 e. The van der Waals surface area contributed by atoms with Gasteiger partial charge in [0.1, 0.15) is 0 Å². The molecule has 1 aromatic rings. The van der Waals surface area contributed by atoms with Gasteiger partial charge in [-0.2, -0.15) is 0 Å². The van der Waals surface area contributed by atoms with E-state index in [0.717, 1.165) is 76.2 Å². The van der Waals surface area contributed by atoms with Crippen molar-refractivity contribution in [2.75, 3.05) is 6.54 Å². The molecule has 0 saturated carbocycles. The number of carbonyl (C=O) groups is 2. The van der Waals surface area contributed by atoms with Gasteiger partial charge in [-0.15, -0.1) is 0 Å². The Morgan fingerprint density at radius 1 is 0.763 bits per heavy atom. The Kier molecular flexibility index (Phi) is 25.0. The van der Waals surface area contributed by atoms with Gasteiger partial charge in [-0.05, 0) is 37.1 Å². The molecule has 0 unspecified atom stereocenters. The summed E-state index contributed by atoms with van der Waals surface area (Å²) in [6, 6.07) is 8.58. The van der Waals surface area contributed by atoms with Crippen molar-refractivity contribution in [1.29, 1.82) is 0 Å². The van der Waals surface area contributed by atoms with Crippen LogP contribution < -0.4 is 40.0 Å². The number of hydrogen-bond acceptors (Lipinski definition) is 4. The predicted molar refractivity (Wildman–Crippen MR) is 151 cm³/mol. The van der Waals surface area contributed by atoms with Crippen LogP contribution in [0.4, 0.5) is 0 Å². The van der Waals surface area contributed by atoms with Crippen LogP contribution in [-0.4, -0.2) is 29.4 Å². The number of hydrogen-bond donors (Lipinski definition) is 2. The maximum atomic E-state index is 12.9. The zero-order valence-electron chi connectivity index (χ0n) is 24.2. The first-order valence-corrected chi connectivity index (χ1v) is 14.8. The van der Waals surface area contributed by atoms with Crippen LogP contribution in [0.5, 0.6) is 0 Å². The fourth-order valence-electron chi connectivity index (χ4n) is 4.49. The molecule has 38 heavy (non-hydrogen) atoms. The van der Waals surface area contributed by atoms with Gasteiger partial charge in [0, 0.05) is 13.0 Å². The number of carboxylic acids is 1. The van der Waals surface area contributed by atoms with Crippen LogP contribution in [0, 0.1) is 0 Å². The number of unbranched alkanes of at least 4 members (excludes halogenated alkanes) is 15. The van der Waals surface area contributed by atoms with Crippen LogP contribution in [0.25, 0.3) is 0 Å². The molecule has 2 N–H and O–H groups in total. The molecule has 1 atom stereocenters. The standard InChI is InChI=1S/C31H52N2O4.Na/c1-2-3-4-5-6-7-10-13-19-24-28(34)33-30(27-22-17-16-18-23-27)31(37)32-26-21-15-12-9-8-11-14-20-25-29(35)36;/h16-18,22-23,30H,2-15,19-21,24-26H2,1H3,(H,32,37)(H,33,34)(H,35,36);/q;+1/p-1/t30-;/m0./s1. The van der Waals surface area contributed by atoms with Crippen molar-refractivity contribution in [2.45, 2.75) is 135 Å².